The molecule has 0 radical (unpaired) electrons. The van der Waals surface area contributed by atoms with Gasteiger partial charge in [-0.15, -0.1) is 0 Å². The Bertz CT molecular complexity index is 1220. The molecule has 0 saturated heterocycles. The fraction of sp³-hybridized carbons (Fsp3) is 0.407. The second-order valence-corrected chi connectivity index (χ2v) is 9.33. The topological polar surface area (TPSA) is 85.9 Å². The number of hydrogen-bond acceptors (Lipinski definition) is 6. The lowest BCUT2D eigenvalue weighted by molar-refractivity contribution is 0.189. The lowest BCUT2D eigenvalue weighted by Gasteiger charge is -2.21. The average molecular weight is 482 g/mol. The van der Waals surface area contributed by atoms with Gasteiger partial charge in [-0.1, -0.05) is 13.8 Å². The third-order valence-electron chi connectivity index (χ3n) is 6.00. The molecule has 0 bridgehead atoms. The van der Waals surface area contributed by atoms with E-state index in [0.29, 0.717) is 17.7 Å². The van der Waals surface area contributed by atoms with Crippen molar-refractivity contribution in [1.82, 2.24) is 19.6 Å². The third-order valence-corrected chi connectivity index (χ3v) is 6.00. The summed E-state index contributed by atoms with van der Waals surface area (Å²) in [6.45, 7) is 6.60. The zero-order valence-electron chi connectivity index (χ0n) is 21.4. The number of ether oxygens (including phenoxy) is 1. The Morgan fingerprint density at radius 2 is 2.00 bits per heavy atom. The number of imidazole rings is 1. The van der Waals surface area contributed by atoms with Gasteiger partial charge < -0.3 is 29.9 Å². The van der Waals surface area contributed by atoms with Gasteiger partial charge in [-0.25, -0.2) is 9.37 Å². The van der Waals surface area contributed by atoms with Crippen LogP contribution >= 0.6 is 0 Å². The fourth-order valence-corrected chi connectivity index (χ4v) is 3.94. The summed E-state index contributed by atoms with van der Waals surface area (Å²) in [5.74, 6) is -0.0321. The van der Waals surface area contributed by atoms with E-state index in [4.69, 9.17) is 10.1 Å². The first-order valence-electron chi connectivity index (χ1n) is 11.8. The molecule has 0 aliphatic rings. The number of aromatic nitrogens is 2. The minimum atomic E-state index is -0.865. The van der Waals surface area contributed by atoms with Gasteiger partial charge in [-0.2, -0.15) is 0 Å². The Morgan fingerprint density at radius 3 is 2.66 bits per heavy atom. The molecule has 0 aliphatic carbocycles. The van der Waals surface area contributed by atoms with Crippen molar-refractivity contribution in [3.8, 4) is 16.9 Å². The lowest BCUT2D eigenvalue weighted by Crippen LogP contribution is -2.29. The van der Waals surface area contributed by atoms with Crippen molar-refractivity contribution < 1.29 is 14.2 Å². The largest absolute Gasteiger partial charge is 0.492 e. The summed E-state index contributed by atoms with van der Waals surface area (Å²) in [7, 11) is 5.80. The van der Waals surface area contributed by atoms with E-state index in [1.54, 1.807) is 13.1 Å². The summed E-state index contributed by atoms with van der Waals surface area (Å²) < 4.78 is 22.3. The molecule has 188 valence electrons. The van der Waals surface area contributed by atoms with Gasteiger partial charge in [0, 0.05) is 49.1 Å². The van der Waals surface area contributed by atoms with Crippen molar-refractivity contribution in [2.24, 2.45) is 5.92 Å². The minimum absolute atomic E-state index is 0.0756. The summed E-state index contributed by atoms with van der Waals surface area (Å²) in [6.07, 6.45) is 3.39. The number of fused-ring (bicyclic) bond motifs is 1. The first-order valence-corrected chi connectivity index (χ1v) is 11.8. The molecule has 2 aromatic heterocycles. The number of nitrogens with zero attached hydrogens (tertiary/aromatic N) is 3. The molecule has 35 heavy (non-hydrogen) atoms. The Kier molecular flexibility index (Phi) is 8.64. The van der Waals surface area contributed by atoms with Crippen LogP contribution in [-0.4, -0.2) is 59.0 Å². The summed E-state index contributed by atoms with van der Waals surface area (Å²) in [4.78, 5) is 6.55. The minimum Gasteiger partial charge on any atom is -0.492 e. The van der Waals surface area contributed by atoms with Crippen LogP contribution < -0.4 is 10.1 Å². The van der Waals surface area contributed by atoms with E-state index in [0.717, 1.165) is 34.7 Å². The van der Waals surface area contributed by atoms with Gasteiger partial charge in [-0.05, 0) is 56.8 Å². The van der Waals surface area contributed by atoms with Crippen molar-refractivity contribution >= 4 is 11.4 Å². The van der Waals surface area contributed by atoms with Crippen LogP contribution in [0.15, 0.2) is 54.0 Å². The van der Waals surface area contributed by atoms with Crippen molar-refractivity contribution in [2.45, 2.75) is 39.8 Å². The quantitative estimate of drug-likeness (QED) is 0.351. The van der Waals surface area contributed by atoms with E-state index < -0.39 is 6.10 Å². The second kappa shape index (κ2) is 11.5. The number of benzene rings is 1. The monoisotopic (exact) mass is 481 g/mol. The molecular weight excluding hydrogens is 445 g/mol. The molecule has 0 fully saturated rings. The van der Waals surface area contributed by atoms with E-state index in [9.17, 15) is 9.50 Å². The van der Waals surface area contributed by atoms with E-state index in [1.165, 1.54) is 12.1 Å². The highest BCUT2D eigenvalue weighted by Crippen LogP contribution is 2.32. The smallest absolute Gasteiger partial charge is 0.136 e. The van der Waals surface area contributed by atoms with Crippen LogP contribution in [0.1, 0.15) is 32.9 Å². The fourth-order valence-electron chi connectivity index (χ4n) is 3.94. The maximum Gasteiger partial charge on any atom is 0.136 e. The molecule has 0 amide bonds. The van der Waals surface area contributed by atoms with E-state index in [2.05, 4.69) is 15.2 Å². The highest BCUT2D eigenvalue weighted by molar-refractivity contribution is 6.01. The maximum absolute atomic E-state index is 14.2. The molecule has 2 heterocycles. The van der Waals surface area contributed by atoms with Crippen molar-refractivity contribution in [1.29, 1.82) is 5.41 Å². The molecule has 3 aromatic rings. The number of aliphatic hydroxyl groups is 1. The van der Waals surface area contributed by atoms with Crippen molar-refractivity contribution in [3.05, 3.63) is 65.5 Å². The molecule has 3 N–H and O–H groups in total. The van der Waals surface area contributed by atoms with Crippen LogP contribution in [0.5, 0.6) is 5.75 Å². The third kappa shape index (κ3) is 6.26. The zero-order valence-corrected chi connectivity index (χ0v) is 21.4. The number of halogens is 1. The second-order valence-electron chi connectivity index (χ2n) is 9.33. The predicted molar refractivity (Wildman–Crippen MR) is 138 cm³/mol. The van der Waals surface area contributed by atoms with Gasteiger partial charge in [0.05, 0.1) is 30.3 Å². The SMILES string of the molecule is CN/C(C)=C(/CCOc1cc(F)ccc1-c1ccc2ncc(CN(C)C)n2c1)C(=N)C(O)C(C)C. The molecule has 1 aromatic carbocycles. The molecule has 7 nitrogen and oxygen atoms in total. The number of allylic oxidation sites excluding steroid dienone is 1. The number of aliphatic hydroxyl groups excluding tert-OH is 1. The maximum atomic E-state index is 14.2. The predicted octanol–water partition coefficient (Wildman–Crippen LogP) is 4.50. The Hall–Kier alpha value is -3.23. The van der Waals surface area contributed by atoms with Crippen LogP contribution in [0.25, 0.3) is 16.8 Å². The van der Waals surface area contributed by atoms with Gasteiger partial charge >= 0.3 is 0 Å². The standard InChI is InChI=1S/C27H36FN5O2/c1-17(2)27(34)26(29)22(18(3)30-4)11-12-35-24-13-20(28)8-9-23(24)19-7-10-25-31-14-21(16-32(5)6)33(25)15-19/h7-10,13-15,17,27,29-30,34H,11-12,16H2,1-6H3/b22-18-,29-26?. The van der Waals surface area contributed by atoms with Crippen LogP contribution in [-0.2, 0) is 6.54 Å². The molecule has 0 spiro atoms. The summed E-state index contributed by atoms with van der Waals surface area (Å²) >= 11 is 0. The average Bonchev–Trinajstić information content (AvgIpc) is 3.21. The van der Waals surface area contributed by atoms with Gasteiger partial charge in [0.25, 0.3) is 0 Å². The first-order chi connectivity index (χ1) is 16.6. The Labute approximate surface area is 206 Å². The normalized spacial score (nSPS) is 13.3. The van der Waals surface area contributed by atoms with Gasteiger partial charge in [0.2, 0.25) is 0 Å². The molecule has 1 atom stereocenters. The summed E-state index contributed by atoms with van der Waals surface area (Å²) in [5, 5.41) is 21.9. The molecule has 3 rings (SSSR count). The van der Waals surface area contributed by atoms with Gasteiger partial charge in [0.15, 0.2) is 0 Å². The van der Waals surface area contributed by atoms with E-state index in [-0.39, 0.29) is 24.1 Å². The van der Waals surface area contributed by atoms with E-state index in [1.807, 2.05) is 63.8 Å². The molecular formula is C27H36FN5O2. The van der Waals surface area contributed by atoms with Crippen LogP contribution in [0, 0.1) is 17.1 Å². The number of nitrogens with one attached hydrogen (secondary N) is 2. The van der Waals surface area contributed by atoms with Crippen LogP contribution in [0.4, 0.5) is 4.39 Å². The first kappa shape index (κ1) is 26.4. The number of rotatable bonds is 11. The summed E-state index contributed by atoms with van der Waals surface area (Å²) in [5.41, 5.74) is 5.22. The van der Waals surface area contributed by atoms with Crippen LogP contribution in [0.3, 0.4) is 0 Å². The molecule has 8 heteroatoms. The molecule has 0 aliphatic heterocycles. The van der Waals surface area contributed by atoms with Crippen molar-refractivity contribution in [2.75, 3.05) is 27.7 Å². The molecule has 1 unspecified atom stereocenters. The number of pyridine rings is 1. The van der Waals surface area contributed by atoms with Gasteiger partial charge in [0.1, 0.15) is 17.2 Å². The Morgan fingerprint density at radius 1 is 1.26 bits per heavy atom. The zero-order chi connectivity index (χ0) is 25.7. The van der Waals surface area contributed by atoms with E-state index >= 15 is 0 Å². The highest BCUT2D eigenvalue weighted by atomic mass is 19.1. The Balaban J connectivity index is 1.87. The lowest BCUT2D eigenvalue weighted by atomic mass is 9.94. The number of hydrogen-bond donors (Lipinski definition) is 3. The molecule has 0 saturated carbocycles. The van der Waals surface area contributed by atoms with Crippen molar-refractivity contribution in [3.63, 3.8) is 0 Å². The highest BCUT2D eigenvalue weighted by Gasteiger charge is 2.21. The van der Waals surface area contributed by atoms with Crippen LogP contribution in [0.2, 0.25) is 0 Å². The van der Waals surface area contributed by atoms with Gasteiger partial charge in [-0.3, -0.25) is 0 Å². The summed E-state index contributed by atoms with van der Waals surface area (Å²) in [6, 6.07) is 8.41.